The second-order valence-electron chi connectivity index (χ2n) is 5.05. The molecule has 0 amide bonds. The molecule has 0 bridgehead atoms. The summed E-state index contributed by atoms with van der Waals surface area (Å²) in [6.45, 7) is 0.0406. The Morgan fingerprint density at radius 2 is 2.11 bits per heavy atom. The SMILES string of the molecule is CNN(OC(=O)OCCSSc1ccccn1)c1cc(C(F)(F)F)ccc1N. The second-order valence-corrected chi connectivity index (χ2v) is 7.49. The van der Waals surface area contributed by atoms with Crippen LogP contribution in [0.3, 0.4) is 0 Å². The third-order valence-electron chi connectivity index (χ3n) is 3.11. The van der Waals surface area contributed by atoms with E-state index in [1.54, 1.807) is 12.3 Å². The first-order chi connectivity index (χ1) is 13.3. The molecule has 3 N–H and O–H groups in total. The van der Waals surface area contributed by atoms with E-state index < -0.39 is 17.9 Å². The molecule has 0 fully saturated rings. The molecule has 0 radical (unpaired) electrons. The van der Waals surface area contributed by atoms with Gasteiger partial charge in [0.25, 0.3) is 0 Å². The molecule has 0 unspecified atom stereocenters. The van der Waals surface area contributed by atoms with Gasteiger partial charge >= 0.3 is 12.3 Å². The number of halogens is 3. The van der Waals surface area contributed by atoms with Crippen LogP contribution < -0.4 is 16.3 Å². The summed E-state index contributed by atoms with van der Waals surface area (Å²) in [7, 11) is 4.20. The summed E-state index contributed by atoms with van der Waals surface area (Å²) in [6, 6.07) is 8.17. The van der Waals surface area contributed by atoms with E-state index in [1.165, 1.54) is 28.6 Å². The summed E-state index contributed by atoms with van der Waals surface area (Å²) >= 11 is 0. The van der Waals surface area contributed by atoms with Gasteiger partial charge in [-0.3, -0.25) is 4.84 Å². The number of rotatable bonds is 8. The summed E-state index contributed by atoms with van der Waals surface area (Å²) in [5, 5.41) is 1.53. The number of carbonyl (C=O) groups is 1. The molecule has 152 valence electrons. The Labute approximate surface area is 167 Å². The van der Waals surface area contributed by atoms with Crippen LogP contribution in [0.1, 0.15) is 5.56 Å². The van der Waals surface area contributed by atoms with Crippen molar-refractivity contribution in [3.63, 3.8) is 0 Å². The standard InChI is InChI=1S/C16H17F3N4O3S2/c1-21-23(13-10-11(16(17,18)19)5-6-12(13)20)26-15(24)25-8-9-27-28-14-4-2-3-7-22-14/h2-7,10,21H,8-9,20H2,1H3. The van der Waals surface area contributed by atoms with Crippen molar-refractivity contribution in [3.05, 3.63) is 48.2 Å². The molecular weight excluding hydrogens is 417 g/mol. The number of hydrogen-bond donors (Lipinski definition) is 2. The molecule has 28 heavy (non-hydrogen) atoms. The molecule has 12 heteroatoms. The van der Waals surface area contributed by atoms with Gasteiger partial charge < -0.3 is 10.5 Å². The highest BCUT2D eigenvalue weighted by atomic mass is 33.1. The van der Waals surface area contributed by atoms with E-state index >= 15 is 0 Å². The van der Waals surface area contributed by atoms with Crippen molar-refractivity contribution < 1.29 is 27.5 Å². The fraction of sp³-hybridized carbons (Fsp3) is 0.250. The van der Waals surface area contributed by atoms with Gasteiger partial charge in [-0.2, -0.15) is 13.2 Å². The number of alkyl halides is 3. The minimum atomic E-state index is -4.56. The maximum atomic E-state index is 12.9. The maximum absolute atomic E-state index is 12.9. The molecule has 1 aromatic heterocycles. The Hall–Kier alpha value is -2.31. The highest BCUT2D eigenvalue weighted by Crippen LogP contribution is 2.34. The molecule has 0 aliphatic carbocycles. The number of carbonyl (C=O) groups excluding carboxylic acids is 1. The summed E-state index contributed by atoms with van der Waals surface area (Å²) < 4.78 is 43.5. The van der Waals surface area contributed by atoms with Gasteiger partial charge in [0, 0.05) is 19.0 Å². The van der Waals surface area contributed by atoms with Crippen molar-refractivity contribution in [1.82, 2.24) is 10.4 Å². The zero-order valence-corrected chi connectivity index (χ0v) is 16.2. The van der Waals surface area contributed by atoms with E-state index in [2.05, 4.69) is 10.4 Å². The highest BCUT2D eigenvalue weighted by molar-refractivity contribution is 8.76. The van der Waals surface area contributed by atoms with Crippen molar-refractivity contribution in [1.29, 1.82) is 0 Å². The normalized spacial score (nSPS) is 11.1. The zero-order valence-electron chi connectivity index (χ0n) is 14.6. The first-order valence-electron chi connectivity index (χ1n) is 7.80. The number of benzene rings is 1. The molecule has 0 atom stereocenters. The lowest BCUT2D eigenvalue weighted by Gasteiger charge is -2.23. The summed E-state index contributed by atoms with van der Waals surface area (Å²) in [5.74, 6) is 0.460. The van der Waals surface area contributed by atoms with E-state index in [-0.39, 0.29) is 18.0 Å². The van der Waals surface area contributed by atoms with E-state index in [9.17, 15) is 18.0 Å². The molecule has 1 aromatic carbocycles. The molecule has 7 nitrogen and oxygen atoms in total. The minimum Gasteiger partial charge on any atom is -0.432 e. The van der Waals surface area contributed by atoms with Gasteiger partial charge in [0.2, 0.25) is 0 Å². The van der Waals surface area contributed by atoms with Crippen LogP contribution in [0.2, 0.25) is 0 Å². The second kappa shape index (κ2) is 10.3. The lowest BCUT2D eigenvalue weighted by molar-refractivity contribution is -0.137. The molecule has 0 aliphatic rings. The van der Waals surface area contributed by atoms with Gasteiger partial charge in [-0.05, 0) is 41.1 Å². The average Bonchev–Trinajstić information content (AvgIpc) is 2.66. The summed E-state index contributed by atoms with van der Waals surface area (Å²) in [4.78, 5) is 20.8. The number of nitrogens with zero attached hydrogens (tertiary/aromatic N) is 2. The quantitative estimate of drug-likeness (QED) is 0.209. The molecule has 1 heterocycles. The summed E-state index contributed by atoms with van der Waals surface area (Å²) in [5.41, 5.74) is 7.00. The van der Waals surface area contributed by atoms with Crippen LogP contribution >= 0.6 is 21.6 Å². The predicted octanol–water partition coefficient (Wildman–Crippen LogP) is 4.13. The summed E-state index contributed by atoms with van der Waals surface area (Å²) in [6.07, 6.45) is -3.98. The number of nitrogen functional groups attached to an aromatic ring is 1. The number of hydrogen-bond acceptors (Lipinski definition) is 9. The first-order valence-corrected chi connectivity index (χ1v) is 10.1. The lowest BCUT2D eigenvalue weighted by atomic mass is 10.1. The molecular formula is C16H17F3N4O3S2. The Kier molecular flexibility index (Phi) is 8.08. The van der Waals surface area contributed by atoms with Crippen LogP contribution in [0.25, 0.3) is 0 Å². The van der Waals surface area contributed by atoms with Gasteiger partial charge in [-0.1, -0.05) is 16.9 Å². The van der Waals surface area contributed by atoms with Crippen molar-refractivity contribution >= 4 is 39.1 Å². The third kappa shape index (κ3) is 6.69. The number of hydrazine groups is 1. The number of pyridine rings is 1. The lowest BCUT2D eigenvalue weighted by Crippen LogP contribution is -2.38. The van der Waals surface area contributed by atoms with Crippen molar-refractivity contribution in [2.24, 2.45) is 0 Å². The van der Waals surface area contributed by atoms with Crippen LogP contribution in [-0.2, 0) is 15.8 Å². The van der Waals surface area contributed by atoms with E-state index in [0.29, 0.717) is 10.9 Å². The molecule has 0 aliphatic heterocycles. The molecule has 0 spiro atoms. The van der Waals surface area contributed by atoms with Gasteiger partial charge in [-0.15, -0.1) is 5.17 Å². The fourth-order valence-corrected chi connectivity index (χ4v) is 3.58. The van der Waals surface area contributed by atoms with Crippen molar-refractivity contribution in [2.45, 2.75) is 11.2 Å². The highest BCUT2D eigenvalue weighted by Gasteiger charge is 2.32. The molecule has 0 saturated heterocycles. The van der Waals surface area contributed by atoms with Crippen LogP contribution in [0, 0.1) is 0 Å². The Morgan fingerprint density at radius 1 is 1.32 bits per heavy atom. The van der Waals surface area contributed by atoms with Gasteiger partial charge in [0.1, 0.15) is 17.3 Å². The number of ether oxygens (including phenoxy) is 1. The molecule has 0 saturated carbocycles. The Bertz CT molecular complexity index is 781. The first kappa shape index (κ1) is 22.0. The van der Waals surface area contributed by atoms with E-state index in [4.69, 9.17) is 15.3 Å². The maximum Gasteiger partial charge on any atom is 0.534 e. The van der Waals surface area contributed by atoms with Crippen molar-refractivity contribution in [2.75, 3.05) is 30.3 Å². The number of nitrogens with one attached hydrogen (secondary N) is 1. The van der Waals surface area contributed by atoms with E-state index in [0.717, 1.165) is 23.2 Å². The zero-order chi connectivity index (χ0) is 20.6. The number of aromatic nitrogens is 1. The minimum absolute atomic E-state index is 0.0162. The van der Waals surface area contributed by atoms with Crippen LogP contribution in [0.4, 0.5) is 29.3 Å². The Morgan fingerprint density at radius 3 is 2.75 bits per heavy atom. The smallest absolute Gasteiger partial charge is 0.432 e. The topological polar surface area (TPSA) is 89.7 Å². The van der Waals surface area contributed by atoms with E-state index in [1.807, 2.05) is 12.1 Å². The van der Waals surface area contributed by atoms with Gasteiger partial charge in [0.05, 0.1) is 11.3 Å². The van der Waals surface area contributed by atoms with Crippen LogP contribution in [-0.4, -0.2) is 30.5 Å². The van der Waals surface area contributed by atoms with Crippen LogP contribution in [0.5, 0.6) is 0 Å². The third-order valence-corrected chi connectivity index (χ3v) is 5.34. The molecule has 2 rings (SSSR count). The van der Waals surface area contributed by atoms with Gasteiger partial charge in [0.15, 0.2) is 0 Å². The predicted molar refractivity (Wildman–Crippen MR) is 102 cm³/mol. The van der Waals surface area contributed by atoms with Crippen molar-refractivity contribution in [3.8, 4) is 0 Å². The monoisotopic (exact) mass is 434 g/mol. The fourth-order valence-electron chi connectivity index (χ4n) is 1.87. The van der Waals surface area contributed by atoms with Crippen LogP contribution in [0.15, 0.2) is 47.6 Å². The average molecular weight is 434 g/mol. The molecule has 2 aromatic rings. The Balaban J connectivity index is 1.84. The number of anilines is 2. The number of nitrogens with two attached hydrogens (primary N) is 1. The largest absolute Gasteiger partial charge is 0.534 e. The van der Waals surface area contributed by atoms with Gasteiger partial charge in [-0.25, -0.2) is 15.2 Å².